The van der Waals surface area contributed by atoms with Crippen LogP contribution in [0.3, 0.4) is 0 Å². The summed E-state index contributed by atoms with van der Waals surface area (Å²) in [4.78, 5) is 29.1. The van der Waals surface area contributed by atoms with Gasteiger partial charge in [0.25, 0.3) is 10.0 Å². The number of anilines is 1. The monoisotopic (exact) mass is 635 g/mol. The van der Waals surface area contributed by atoms with E-state index in [1.165, 1.54) is 41.3 Å². The molecule has 10 heteroatoms. The van der Waals surface area contributed by atoms with Crippen LogP contribution in [-0.2, 0) is 32.6 Å². The van der Waals surface area contributed by atoms with Gasteiger partial charge in [0.15, 0.2) is 0 Å². The predicted molar refractivity (Wildman–Crippen MR) is 171 cm³/mol. The van der Waals surface area contributed by atoms with Crippen molar-refractivity contribution >= 4 is 39.1 Å². The zero-order chi connectivity index (χ0) is 31.9. The Balaban J connectivity index is 1.82. The third kappa shape index (κ3) is 7.84. The Morgan fingerprint density at radius 1 is 0.909 bits per heavy atom. The highest BCUT2D eigenvalue weighted by Crippen LogP contribution is 2.29. The van der Waals surface area contributed by atoms with E-state index in [0.29, 0.717) is 11.6 Å². The molecule has 0 aliphatic carbocycles. The highest BCUT2D eigenvalue weighted by Gasteiger charge is 2.35. The standard InChI is InChI=1S/C34H35ClFN3O4S/c1-4-37-34(41)32(20-26-10-6-5-7-11-26)38(22-27-12-8-9-13-31(27)36)33(40)23-39(28-17-16-25(3)30(35)21-28)44(42,43)29-18-14-24(2)15-19-29/h5-19,21,32H,4,20,22-23H2,1-3H3,(H,37,41)/t32-/m0/s1. The van der Waals surface area contributed by atoms with Gasteiger partial charge in [-0.25, -0.2) is 12.8 Å². The molecule has 0 saturated carbocycles. The fraction of sp³-hybridized carbons (Fsp3) is 0.235. The van der Waals surface area contributed by atoms with Crippen LogP contribution in [0.1, 0.15) is 29.2 Å². The summed E-state index contributed by atoms with van der Waals surface area (Å²) in [6.45, 7) is 4.78. The van der Waals surface area contributed by atoms with Crippen molar-refractivity contribution in [1.82, 2.24) is 10.2 Å². The van der Waals surface area contributed by atoms with Gasteiger partial charge in [0.2, 0.25) is 11.8 Å². The lowest BCUT2D eigenvalue weighted by Crippen LogP contribution is -2.53. The Morgan fingerprint density at radius 2 is 1.57 bits per heavy atom. The molecule has 0 aliphatic heterocycles. The third-order valence-electron chi connectivity index (χ3n) is 7.25. The van der Waals surface area contributed by atoms with E-state index in [0.717, 1.165) is 21.0 Å². The number of nitrogens with zero attached hydrogens (tertiary/aromatic N) is 2. The predicted octanol–water partition coefficient (Wildman–Crippen LogP) is 6.07. The number of amides is 2. The number of halogens is 2. The second-order valence-electron chi connectivity index (χ2n) is 10.5. The van der Waals surface area contributed by atoms with E-state index in [2.05, 4.69) is 5.32 Å². The summed E-state index contributed by atoms with van der Waals surface area (Å²) in [6, 6.07) is 25.1. The van der Waals surface area contributed by atoms with E-state index in [1.54, 1.807) is 44.2 Å². The molecular weight excluding hydrogens is 601 g/mol. The van der Waals surface area contributed by atoms with E-state index in [9.17, 15) is 22.4 Å². The van der Waals surface area contributed by atoms with Gasteiger partial charge in [0.05, 0.1) is 10.6 Å². The molecule has 1 atom stereocenters. The van der Waals surface area contributed by atoms with E-state index in [-0.39, 0.29) is 29.1 Å². The van der Waals surface area contributed by atoms with Crippen LogP contribution in [0.15, 0.2) is 102 Å². The largest absolute Gasteiger partial charge is 0.355 e. The van der Waals surface area contributed by atoms with Crippen LogP contribution in [0.2, 0.25) is 5.02 Å². The van der Waals surface area contributed by atoms with Crippen LogP contribution in [0.25, 0.3) is 0 Å². The lowest BCUT2D eigenvalue weighted by Gasteiger charge is -2.34. The molecule has 230 valence electrons. The summed E-state index contributed by atoms with van der Waals surface area (Å²) >= 11 is 6.40. The van der Waals surface area contributed by atoms with Gasteiger partial charge in [-0.2, -0.15) is 0 Å². The maximum atomic E-state index is 14.9. The third-order valence-corrected chi connectivity index (χ3v) is 9.45. The van der Waals surface area contributed by atoms with Crippen molar-refractivity contribution in [1.29, 1.82) is 0 Å². The van der Waals surface area contributed by atoms with Crippen molar-refractivity contribution in [3.05, 3.63) is 130 Å². The van der Waals surface area contributed by atoms with Gasteiger partial charge in [-0.1, -0.05) is 83.9 Å². The van der Waals surface area contributed by atoms with Crippen LogP contribution in [-0.4, -0.2) is 44.3 Å². The van der Waals surface area contributed by atoms with E-state index in [1.807, 2.05) is 37.3 Å². The number of sulfonamides is 1. The minimum atomic E-state index is -4.27. The second kappa shape index (κ2) is 14.5. The first-order chi connectivity index (χ1) is 21.0. The lowest BCUT2D eigenvalue weighted by molar-refractivity contribution is -0.140. The number of carbonyl (C=O) groups is 2. The Morgan fingerprint density at radius 3 is 2.20 bits per heavy atom. The highest BCUT2D eigenvalue weighted by atomic mass is 35.5. The van der Waals surface area contributed by atoms with Gasteiger partial charge in [0.1, 0.15) is 18.4 Å². The number of rotatable bonds is 12. The zero-order valence-electron chi connectivity index (χ0n) is 24.8. The molecule has 1 N–H and O–H groups in total. The number of benzene rings is 4. The Labute approximate surface area is 263 Å². The Kier molecular flexibility index (Phi) is 10.8. The number of hydrogen-bond acceptors (Lipinski definition) is 4. The van der Waals surface area contributed by atoms with Crippen LogP contribution in [0.5, 0.6) is 0 Å². The summed E-state index contributed by atoms with van der Waals surface area (Å²) in [5, 5.41) is 3.11. The first-order valence-electron chi connectivity index (χ1n) is 14.2. The van der Waals surface area contributed by atoms with Gasteiger partial charge in [-0.05, 0) is 62.2 Å². The molecule has 0 saturated heterocycles. The van der Waals surface area contributed by atoms with E-state index in [4.69, 9.17) is 11.6 Å². The maximum absolute atomic E-state index is 14.9. The van der Waals surface area contributed by atoms with Gasteiger partial charge in [-0.3, -0.25) is 13.9 Å². The van der Waals surface area contributed by atoms with E-state index < -0.39 is 40.2 Å². The first-order valence-corrected chi connectivity index (χ1v) is 16.0. The van der Waals surface area contributed by atoms with Crippen molar-refractivity contribution in [3.63, 3.8) is 0 Å². The summed E-state index contributed by atoms with van der Waals surface area (Å²) in [7, 11) is -4.27. The van der Waals surface area contributed by atoms with Crippen molar-refractivity contribution in [2.45, 2.75) is 44.7 Å². The fourth-order valence-corrected chi connectivity index (χ4v) is 6.34. The molecule has 4 aromatic carbocycles. The fourth-order valence-electron chi connectivity index (χ4n) is 4.76. The summed E-state index contributed by atoms with van der Waals surface area (Å²) in [5.41, 5.74) is 2.75. The number of hydrogen-bond donors (Lipinski definition) is 1. The molecule has 0 heterocycles. The number of aryl methyl sites for hydroxylation is 2. The molecule has 0 aromatic heterocycles. The Hall–Kier alpha value is -4.21. The molecule has 2 amide bonds. The van der Waals surface area contributed by atoms with E-state index >= 15 is 0 Å². The smallest absolute Gasteiger partial charge is 0.264 e. The zero-order valence-corrected chi connectivity index (χ0v) is 26.4. The molecule has 0 unspecified atom stereocenters. The van der Waals surface area contributed by atoms with Crippen LogP contribution in [0.4, 0.5) is 10.1 Å². The second-order valence-corrected chi connectivity index (χ2v) is 12.7. The minimum absolute atomic E-state index is 0.0159. The van der Waals surface area contributed by atoms with Gasteiger partial charge < -0.3 is 10.2 Å². The average Bonchev–Trinajstić information content (AvgIpc) is 3.00. The molecular formula is C34H35ClFN3O4S. The topological polar surface area (TPSA) is 86.8 Å². The number of carbonyl (C=O) groups excluding carboxylic acids is 2. The molecule has 7 nitrogen and oxygen atoms in total. The Bertz CT molecular complexity index is 1720. The van der Waals surface area contributed by atoms with Crippen molar-refractivity contribution in [3.8, 4) is 0 Å². The van der Waals surface area contributed by atoms with Gasteiger partial charge in [-0.15, -0.1) is 0 Å². The SMILES string of the molecule is CCNC(=O)[C@H](Cc1ccccc1)N(Cc1ccccc1F)C(=O)CN(c1ccc(C)c(Cl)c1)S(=O)(=O)c1ccc(C)cc1. The summed E-state index contributed by atoms with van der Waals surface area (Å²) in [5.74, 6) is -1.67. The molecule has 4 rings (SSSR count). The highest BCUT2D eigenvalue weighted by molar-refractivity contribution is 7.92. The van der Waals surface area contributed by atoms with Crippen molar-refractivity contribution < 1.29 is 22.4 Å². The minimum Gasteiger partial charge on any atom is -0.355 e. The molecule has 0 spiro atoms. The molecule has 0 aliphatic rings. The number of likely N-dealkylation sites (N-methyl/N-ethyl adjacent to an activating group) is 1. The molecule has 0 fully saturated rings. The summed E-state index contributed by atoms with van der Waals surface area (Å²) < 4.78 is 44.1. The van der Waals surface area contributed by atoms with Crippen molar-refractivity contribution in [2.75, 3.05) is 17.4 Å². The quantitative estimate of drug-likeness (QED) is 0.205. The maximum Gasteiger partial charge on any atom is 0.264 e. The lowest BCUT2D eigenvalue weighted by atomic mass is 10.0. The van der Waals surface area contributed by atoms with Gasteiger partial charge in [0, 0.05) is 30.1 Å². The molecule has 4 aromatic rings. The van der Waals surface area contributed by atoms with Crippen LogP contribution in [0, 0.1) is 19.7 Å². The van der Waals surface area contributed by atoms with Crippen molar-refractivity contribution in [2.24, 2.45) is 0 Å². The van der Waals surface area contributed by atoms with Crippen LogP contribution >= 0.6 is 11.6 Å². The molecule has 0 radical (unpaired) electrons. The number of nitrogens with one attached hydrogen (secondary N) is 1. The van der Waals surface area contributed by atoms with Gasteiger partial charge >= 0.3 is 0 Å². The normalized spacial score (nSPS) is 11.9. The van der Waals surface area contributed by atoms with Crippen LogP contribution < -0.4 is 9.62 Å². The first kappa shape index (κ1) is 32.7. The molecule has 0 bridgehead atoms. The molecule has 44 heavy (non-hydrogen) atoms. The average molecular weight is 636 g/mol. The summed E-state index contributed by atoms with van der Waals surface area (Å²) in [6.07, 6.45) is 0.133.